The van der Waals surface area contributed by atoms with Gasteiger partial charge in [-0.1, -0.05) is 73.5 Å². The van der Waals surface area contributed by atoms with Crippen molar-refractivity contribution in [1.82, 2.24) is 0 Å². The highest BCUT2D eigenvalue weighted by molar-refractivity contribution is 5.86. The van der Waals surface area contributed by atoms with Gasteiger partial charge in [-0.05, 0) is 48.2 Å². The quantitative estimate of drug-likeness (QED) is 0.464. The summed E-state index contributed by atoms with van der Waals surface area (Å²) in [4.78, 5) is 0. The van der Waals surface area contributed by atoms with Crippen LogP contribution >= 0.6 is 0 Å². The lowest BCUT2D eigenvalue weighted by molar-refractivity contribution is -0.138. The smallest absolute Gasteiger partial charge is 0.166 e. The van der Waals surface area contributed by atoms with Gasteiger partial charge in [0.15, 0.2) is 0 Å². The summed E-state index contributed by atoms with van der Waals surface area (Å²) in [5, 5.41) is 2.79. The molecule has 0 nitrogen and oxygen atoms in total. The van der Waals surface area contributed by atoms with E-state index < -0.39 is 11.7 Å². The van der Waals surface area contributed by atoms with E-state index in [0.29, 0.717) is 0 Å². The molecule has 0 fully saturated rings. The molecule has 0 spiro atoms. The van der Waals surface area contributed by atoms with Crippen LogP contribution < -0.4 is 0 Å². The van der Waals surface area contributed by atoms with Gasteiger partial charge in [0, 0.05) is 0 Å². The summed E-state index contributed by atoms with van der Waals surface area (Å²) in [6.45, 7) is 5.82. The Hall–Kier alpha value is -2.29. The van der Waals surface area contributed by atoms with E-state index >= 15 is 0 Å². The highest BCUT2D eigenvalue weighted by Gasteiger charge is 2.31. The van der Waals surface area contributed by atoms with Crippen LogP contribution in [-0.4, -0.2) is 0 Å². The summed E-state index contributed by atoms with van der Waals surface area (Å²) in [5.41, 5.74) is 2.52. The molecule has 0 saturated carbocycles. The summed E-state index contributed by atoms with van der Waals surface area (Å²) < 4.78 is 36.1. The van der Waals surface area contributed by atoms with Gasteiger partial charge in [0.25, 0.3) is 0 Å². The SMILES string of the molecule is CCCc1cccc2cc(C)ccc12.Cc1ccccc1C(F)(F)F. The highest BCUT2D eigenvalue weighted by atomic mass is 19.4. The third kappa shape index (κ3) is 5.09. The van der Waals surface area contributed by atoms with Gasteiger partial charge in [-0.3, -0.25) is 0 Å². The molecule has 3 aromatic rings. The van der Waals surface area contributed by atoms with Crippen molar-refractivity contribution < 1.29 is 13.2 Å². The Balaban J connectivity index is 0.000000186. The molecule has 3 aromatic carbocycles. The second-order valence-electron chi connectivity index (χ2n) is 6.20. The average molecular weight is 344 g/mol. The number of hydrogen-bond acceptors (Lipinski definition) is 0. The maximum Gasteiger partial charge on any atom is 0.416 e. The van der Waals surface area contributed by atoms with Gasteiger partial charge in [0.2, 0.25) is 0 Å². The Labute approximate surface area is 147 Å². The van der Waals surface area contributed by atoms with Crippen LogP contribution in [0.1, 0.15) is 35.6 Å². The van der Waals surface area contributed by atoms with E-state index in [1.807, 2.05) is 0 Å². The van der Waals surface area contributed by atoms with Crippen molar-refractivity contribution in [3.8, 4) is 0 Å². The van der Waals surface area contributed by atoms with E-state index in [-0.39, 0.29) is 5.56 Å². The van der Waals surface area contributed by atoms with Crippen LogP contribution in [0, 0.1) is 13.8 Å². The minimum Gasteiger partial charge on any atom is -0.166 e. The van der Waals surface area contributed by atoms with Crippen LogP contribution in [-0.2, 0) is 12.6 Å². The molecule has 0 heterocycles. The summed E-state index contributed by atoms with van der Waals surface area (Å²) in [5.74, 6) is 0. The van der Waals surface area contributed by atoms with Gasteiger partial charge in [0.1, 0.15) is 0 Å². The summed E-state index contributed by atoms with van der Waals surface area (Å²) in [7, 11) is 0. The molecule has 0 aliphatic carbocycles. The first-order chi connectivity index (χ1) is 11.8. The van der Waals surface area contributed by atoms with Crippen molar-refractivity contribution >= 4 is 10.8 Å². The van der Waals surface area contributed by atoms with E-state index in [4.69, 9.17) is 0 Å². The number of hydrogen-bond donors (Lipinski definition) is 0. The fourth-order valence-corrected chi connectivity index (χ4v) is 2.85. The standard InChI is InChI=1S/C14H16.C8H7F3/c1-3-5-12-6-4-7-13-10-11(2)8-9-14(12)13;1-6-4-2-3-5-7(6)8(9,10)11/h4,6-10H,3,5H2,1-2H3;2-5H,1H3. The third-order valence-electron chi connectivity index (χ3n) is 4.10. The fourth-order valence-electron chi connectivity index (χ4n) is 2.85. The molecule has 0 aliphatic rings. The Kier molecular flexibility index (Phi) is 6.24. The number of halogens is 3. The molecule has 132 valence electrons. The Morgan fingerprint density at radius 2 is 1.56 bits per heavy atom. The minimum atomic E-state index is -4.22. The molecule has 0 aliphatic heterocycles. The van der Waals surface area contributed by atoms with Crippen LogP contribution in [0.3, 0.4) is 0 Å². The Morgan fingerprint density at radius 1 is 0.840 bits per heavy atom. The molecule has 0 saturated heterocycles. The van der Waals surface area contributed by atoms with E-state index in [1.165, 1.54) is 53.8 Å². The number of fused-ring (bicyclic) bond motifs is 1. The van der Waals surface area contributed by atoms with Crippen molar-refractivity contribution in [2.45, 2.75) is 39.8 Å². The zero-order valence-corrected chi connectivity index (χ0v) is 14.8. The molecular weight excluding hydrogens is 321 g/mol. The molecule has 3 heteroatoms. The molecule has 0 bridgehead atoms. The number of alkyl halides is 3. The van der Waals surface area contributed by atoms with E-state index in [1.54, 1.807) is 6.07 Å². The Bertz CT molecular complexity index is 832. The first-order valence-corrected chi connectivity index (χ1v) is 8.44. The van der Waals surface area contributed by atoms with Gasteiger partial charge >= 0.3 is 6.18 Å². The van der Waals surface area contributed by atoms with E-state index in [0.717, 1.165) is 6.07 Å². The lowest BCUT2D eigenvalue weighted by Crippen LogP contribution is -2.06. The molecular formula is C22H23F3. The Morgan fingerprint density at radius 3 is 2.16 bits per heavy atom. The van der Waals surface area contributed by atoms with Crippen LogP contribution in [0.5, 0.6) is 0 Å². The van der Waals surface area contributed by atoms with Gasteiger partial charge in [-0.15, -0.1) is 0 Å². The summed E-state index contributed by atoms with van der Waals surface area (Å²) >= 11 is 0. The van der Waals surface area contributed by atoms with Crippen LogP contribution in [0.25, 0.3) is 10.8 Å². The minimum absolute atomic E-state index is 0.264. The van der Waals surface area contributed by atoms with Gasteiger partial charge in [-0.25, -0.2) is 0 Å². The molecule has 25 heavy (non-hydrogen) atoms. The predicted molar refractivity (Wildman–Crippen MR) is 98.9 cm³/mol. The van der Waals surface area contributed by atoms with Crippen LogP contribution in [0.15, 0.2) is 60.7 Å². The van der Waals surface area contributed by atoms with Crippen molar-refractivity contribution in [3.63, 3.8) is 0 Å². The first-order valence-electron chi connectivity index (χ1n) is 8.44. The molecule has 0 atom stereocenters. The van der Waals surface area contributed by atoms with Crippen molar-refractivity contribution in [1.29, 1.82) is 0 Å². The second-order valence-corrected chi connectivity index (χ2v) is 6.20. The van der Waals surface area contributed by atoms with Crippen molar-refractivity contribution in [2.75, 3.05) is 0 Å². The summed E-state index contributed by atoms with van der Waals surface area (Å²) in [6.07, 6.45) is -1.82. The highest BCUT2D eigenvalue weighted by Crippen LogP contribution is 2.31. The van der Waals surface area contributed by atoms with Crippen molar-refractivity contribution in [2.24, 2.45) is 0 Å². The molecule has 0 unspecified atom stereocenters. The second kappa shape index (κ2) is 8.19. The maximum absolute atomic E-state index is 12.0. The van der Waals surface area contributed by atoms with Gasteiger partial charge in [-0.2, -0.15) is 13.2 Å². The molecule has 0 radical (unpaired) electrons. The number of aryl methyl sites for hydroxylation is 3. The summed E-state index contributed by atoms with van der Waals surface area (Å²) in [6, 6.07) is 18.8. The zero-order valence-electron chi connectivity index (χ0n) is 14.8. The van der Waals surface area contributed by atoms with E-state index in [9.17, 15) is 13.2 Å². The molecule has 0 aromatic heterocycles. The lowest BCUT2D eigenvalue weighted by atomic mass is 10.00. The third-order valence-corrected chi connectivity index (χ3v) is 4.10. The largest absolute Gasteiger partial charge is 0.416 e. The van der Waals surface area contributed by atoms with E-state index in [2.05, 4.69) is 50.2 Å². The number of rotatable bonds is 2. The molecule has 3 rings (SSSR count). The fraction of sp³-hybridized carbons (Fsp3) is 0.273. The maximum atomic E-state index is 12.0. The molecule has 0 amide bonds. The van der Waals surface area contributed by atoms with Crippen LogP contribution in [0.4, 0.5) is 13.2 Å². The topological polar surface area (TPSA) is 0 Å². The van der Waals surface area contributed by atoms with Gasteiger partial charge < -0.3 is 0 Å². The monoisotopic (exact) mass is 344 g/mol. The number of benzene rings is 3. The lowest BCUT2D eigenvalue weighted by Gasteiger charge is -2.08. The van der Waals surface area contributed by atoms with Gasteiger partial charge in [0.05, 0.1) is 5.56 Å². The van der Waals surface area contributed by atoms with Crippen molar-refractivity contribution in [3.05, 3.63) is 82.9 Å². The average Bonchev–Trinajstić information content (AvgIpc) is 2.55. The molecule has 0 N–H and O–H groups in total. The zero-order chi connectivity index (χ0) is 18.4. The normalized spacial score (nSPS) is 11.1. The predicted octanol–water partition coefficient (Wildman–Crippen LogP) is 7.11. The van der Waals surface area contributed by atoms with Crippen LogP contribution in [0.2, 0.25) is 0 Å². The first kappa shape index (κ1) is 19.0.